The van der Waals surface area contributed by atoms with Gasteiger partial charge in [-0.1, -0.05) is 56.9 Å². The Hall–Kier alpha value is -0.963. The van der Waals surface area contributed by atoms with E-state index in [9.17, 15) is 5.11 Å². The molecule has 1 N–H and O–H groups in total. The normalized spacial score (nSPS) is 16.4. The summed E-state index contributed by atoms with van der Waals surface area (Å²) >= 11 is 0. The first-order chi connectivity index (χ1) is 9.99. The molecular formula is C18H30O2Si. The molecule has 0 spiro atoms. The number of unbranched alkanes of at least 4 members (excludes halogenated alkanes) is 1. The van der Waals surface area contributed by atoms with Gasteiger partial charge in [0.1, 0.15) is 11.5 Å². The first-order valence-electron chi connectivity index (χ1n) is 8.41. The molecule has 0 bridgehead atoms. The Bertz CT molecular complexity index is 476. The van der Waals surface area contributed by atoms with Gasteiger partial charge in [-0.2, -0.15) is 0 Å². The summed E-state index contributed by atoms with van der Waals surface area (Å²) in [6, 6.07) is 5.53. The van der Waals surface area contributed by atoms with Crippen LogP contribution in [0.25, 0.3) is 0 Å². The molecule has 1 aromatic rings. The van der Waals surface area contributed by atoms with E-state index >= 15 is 0 Å². The van der Waals surface area contributed by atoms with Crippen LogP contribution < -0.4 is 9.92 Å². The molecule has 1 fully saturated rings. The number of ether oxygens (including phenoxy) is 1. The van der Waals surface area contributed by atoms with Gasteiger partial charge in [0.25, 0.3) is 0 Å². The molecule has 118 valence electrons. The number of phenolic OH excluding ortho intramolecular Hbond substituents is 1. The second kappa shape index (κ2) is 6.86. The van der Waals surface area contributed by atoms with Crippen molar-refractivity contribution in [3.05, 3.63) is 17.7 Å². The molecule has 0 aliphatic heterocycles. The maximum absolute atomic E-state index is 10.6. The molecule has 21 heavy (non-hydrogen) atoms. The third-order valence-corrected chi connectivity index (χ3v) is 8.50. The Kier molecular flexibility index (Phi) is 5.36. The van der Waals surface area contributed by atoms with E-state index in [2.05, 4.69) is 26.1 Å². The molecule has 1 aliphatic rings. The second-order valence-electron chi connectivity index (χ2n) is 7.08. The number of phenols is 1. The fraction of sp³-hybridized carbons (Fsp3) is 0.667. The number of hydrogen-bond acceptors (Lipinski definition) is 2. The average molecular weight is 307 g/mol. The van der Waals surface area contributed by atoms with E-state index in [0.717, 1.165) is 11.3 Å². The molecule has 0 aromatic heterocycles. The lowest BCUT2D eigenvalue weighted by Gasteiger charge is -2.26. The first-order valence-corrected chi connectivity index (χ1v) is 11.6. The highest BCUT2D eigenvalue weighted by Crippen LogP contribution is 2.43. The van der Waals surface area contributed by atoms with Gasteiger partial charge >= 0.3 is 0 Å². The molecule has 1 saturated carbocycles. The number of aromatic hydroxyl groups is 1. The highest BCUT2D eigenvalue weighted by atomic mass is 28.3. The smallest absolute Gasteiger partial charge is 0.125 e. The molecule has 3 heteroatoms. The highest BCUT2D eigenvalue weighted by molar-refractivity contribution is 6.89. The fourth-order valence-electron chi connectivity index (χ4n) is 3.56. The van der Waals surface area contributed by atoms with E-state index in [0.29, 0.717) is 11.7 Å². The van der Waals surface area contributed by atoms with Crippen LogP contribution in [0.5, 0.6) is 11.5 Å². The Labute approximate surface area is 130 Å². The summed E-state index contributed by atoms with van der Waals surface area (Å²) < 4.78 is 5.64. The van der Waals surface area contributed by atoms with E-state index in [1.165, 1.54) is 49.8 Å². The van der Waals surface area contributed by atoms with Gasteiger partial charge in [0.2, 0.25) is 0 Å². The second-order valence-corrected chi connectivity index (χ2v) is 11.9. The zero-order valence-electron chi connectivity index (χ0n) is 14.0. The number of methoxy groups -OCH3 is 1. The lowest BCUT2D eigenvalue weighted by atomic mass is 9.95. The molecule has 2 rings (SSSR count). The molecule has 0 saturated heterocycles. The summed E-state index contributed by atoms with van der Waals surface area (Å²) in [5, 5.41) is 11.9. The minimum Gasteiger partial charge on any atom is -0.508 e. The van der Waals surface area contributed by atoms with Crippen LogP contribution in [0, 0.1) is 0 Å². The van der Waals surface area contributed by atoms with Crippen LogP contribution in [0.1, 0.15) is 56.9 Å². The standard InChI is InChI=1S/C18H30O2Si/c1-5-6-11-21(3,4)15-12-16(19)18(17(13-15)20-2)14-9-7-8-10-14/h12-14,19H,5-11H2,1-4H3. The van der Waals surface area contributed by atoms with Crippen molar-refractivity contribution in [2.24, 2.45) is 0 Å². The molecular weight excluding hydrogens is 276 g/mol. The SMILES string of the molecule is CCCC[Si](C)(C)c1cc(O)c(C2CCCC2)c(OC)c1. The minimum atomic E-state index is -1.48. The third-order valence-electron chi connectivity index (χ3n) is 5.04. The summed E-state index contributed by atoms with van der Waals surface area (Å²) in [6.45, 7) is 7.03. The molecule has 1 aromatic carbocycles. The Balaban J connectivity index is 2.35. The van der Waals surface area contributed by atoms with Crippen LogP contribution >= 0.6 is 0 Å². The Morgan fingerprint density at radius 1 is 1.24 bits per heavy atom. The van der Waals surface area contributed by atoms with Crippen molar-refractivity contribution in [3.8, 4) is 11.5 Å². The van der Waals surface area contributed by atoms with E-state index < -0.39 is 8.07 Å². The highest BCUT2D eigenvalue weighted by Gasteiger charge is 2.29. The van der Waals surface area contributed by atoms with Crippen molar-refractivity contribution in [2.45, 2.75) is 70.5 Å². The van der Waals surface area contributed by atoms with Gasteiger partial charge in [-0.3, -0.25) is 0 Å². The van der Waals surface area contributed by atoms with Gasteiger partial charge in [0, 0.05) is 5.56 Å². The Morgan fingerprint density at radius 3 is 2.48 bits per heavy atom. The molecule has 2 nitrogen and oxygen atoms in total. The monoisotopic (exact) mass is 306 g/mol. The minimum absolute atomic E-state index is 0.466. The first kappa shape index (κ1) is 16.4. The lowest BCUT2D eigenvalue weighted by molar-refractivity contribution is 0.394. The summed E-state index contributed by atoms with van der Waals surface area (Å²) in [4.78, 5) is 0. The Morgan fingerprint density at radius 2 is 1.90 bits per heavy atom. The molecule has 0 radical (unpaired) electrons. The van der Waals surface area contributed by atoms with Crippen LogP contribution in [0.2, 0.25) is 19.1 Å². The van der Waals surface area contributed by atoms with Crippen LogP contribution in [-0.2, 0) is 0 Å². The zero-order valence-corrected chi connectivity index (χ0v) is 15.0. The van der Waals surface area contributed by atoms with Gasteiger partial charge in [0.15, 0.2) is 0 Å². The van der Waals surface area contributed by atoms with Gasteiger partial charge < -0.3 is 9.84 Å². The molecule has 1 aliphatic carbocycles. The number of rotatable bonds is 6. The summed E-state index contributed by atoms with van der Waals surface area (Å²) in [5.74, 6) is 1.86. The van der Waals surface area contributed by atoms with E-state index in [1.807, 2.05) is 6.07 Å². The molecule has 0 atom stereocenters. The van der Waals surface area contributed by atoms with E-state index in [-0.39, 0.29) is 0 Å². The average Bonchev–Trinajstić information content (AvgIpc) is 2.97. The van der Waals surface area contributed by atoms with Gasteiger partial charge in [-0.05, 0) is 30.9 Å². The van der Waals surface area contributed by atoms with Gasteiger partial charge in [-0.15, -0.1) is 0 Å². The quantitative estimate of drug-likeness (QED) is 0.767. The fourth-order valence-corrected chi connectivity index (χ4v) is 6.13. The van der Waals surface area contributed by atoms with Crippen molar-refractivity contribution < 1.29 is 9.84 Å². The maximum atomic E-state index is 10.6. The van der Waals surface area contributed by atoms with Crippen molar-refractivity contribution in [1.82, 2.24) is 0 Å². The molecule has 0 heterocycles. The third kappa shape index (κ3) is 3.63. The summed E-state index contributed by atoms with van der Waals surface area (Å²) in [5.41, 5.74) is 1.05. The van der Waals surface area contributed by atoms with Crippen molar-refractivity contribution in [1.29, 1.82) is 0 Å². The van der Waals surface area contributed by atoms with Crippen molar-refractivity contribution in [3.63, 3.8) is 0 Å². The van der Waals surface area contributed by atoms with E-state index in [1.54, 1.807) is 7.11 Å². The number of hydrogen-bond donors (Lipinski definition) is 1. The maximum Gasteiger partial charge on any atom is 0.125 e. The molecule has 0 unspecified atom stereocenters. The van der Waals surface area contributed by atoms with Crippen LogP contribution in [0.3, 0.4) is 0 Å². The zero-order chi connectivity index (χ0) is 15.5. The van der Waals surface area contributed by atoms with Crippen LogP contribution in [0.4, 0.5) is 0 Å². The van der Waals surface area contributed by atoms with Crippen LogP contribution in [0.15, 0.2) is 12.1 Å². The topological polar surface area (TPSA) is 29.5 Å². The summed E-state index contributed by atoms with van der Waals surface area (Å²) in [7, 11) is 0.252. The van der Waals surface area contributed by atoms with Crippen molar-refractivity contribution >= 4 is 13.3 Å². The molecule has 0 amide bonds. The van der Waals surface area contributed by atoms with Gasteiger partial charge in [-0.25, -0.2) is 0 Å². The summed E-state index contributed by atoms with van der Waals surface area (Å²) in [6.07, 6.45) is 7.41. The lowest BCUT2D eigenvalue weighted by Crippen LogP contribution is -2.41. The predicted molar refractivity (Wildman–Crippen MR) is 92.7 cm³/mol. The van der Waals surface area contributed by atoms with Crippen LogP contribution in [-0.4, -0.2) is 20.3 Å². The van der Waals surface area contributed by atoms with Crippen molar-refractivity contribution in [2.75, 3.05) is 7.11 Å². The number of benzene rings is 1. The predicted octanol–water partition coefficient (Wildman–Crippen LogP) is 4.77. The largest absolute Gasteiger partial charge is 0.508 e. The van der Waals surface area contributed by atoms with Gasteiger partial charge in [0.05, 0.1) is 15.2 Å². The van der Waals surface area contributed by atoms with E-state index in [4.69, 9.17) is 4.74 Å².